The first-order valence-corrected chi connectivity index (χ1v) is 21.3. The lowest BCUT2D eigenvalue weighted by atomic mass is 10.1. The van der Waals surface area contributed by atoms with Gasteiger partial charge in [-0.15, -0.1) is 0 Å². The van der Waals surface area contributed by atoms with E-state index in [0.717, 1.165) is 99.0 Å². The van der Waals surface area contributed by atoms with E-state index in [1.165, 1.54) is 0 Å². The average Bonchev–Trinajstić information content (AvgIpc) is 2.99. The molecule has 0 spiro atoms. The fraction of sp³-hybridized carbons (Fsp3) is 0.318. The lowest BCUT2D eigenvalue weighted by molar-refractivity contribution is 0.399. The van der Waals surface area contributed by atoms with Crippen LogP contribution >= 0.6 is 0 Å². The van der Waals surface area contributed by atoms with Crippen LogP contribution < -0.4 is 30.2 Å². The van der Waals surface area contributed by atoms with E-state index in [0.29, 0.717) is 0 Å². The molecule has 0 aliphatic rings. The fourth-order valence-electron chi connectivity index (χ4n) is 7.88. The van der Waals surface area contributed by atoms with E-state index in [1.807, 2.05) is 156 Å². The molecule has 0 amide bonds. The highest BCUT2D eigenvalue weighted by Gasteiger charge is 2.41. The molecule has 278 valence electrons. The summed E-state index contributed by atoms with van der Waals surface area (Å²) in [4.78, 5) is 44.2. The van der Waals surface area contributed by atoms with Gasteiger partial charge in [0.25, 0.3) is 0 Å². The van der Waals surface area contributed by atoms with Crippen LogP contribution in [0.25, 0.3) is 0 Å². The highest BCUT2D eigenvalue weighted by atomic mass is 28.4. The minimum absolute atomic E-state index is 0.725. The number of methoxy groups -OCH3 is 2. The first-order valence-electron chi connectivity index (χ1n) is 17.6. The smallest absolute Gasteiger partial charge is 0.402 e. The molecule has 5 aromatic carbocycles. The minimum atomic E-state index is -3.68. The van der Waals surface area contributed by atoms with Crippen molar-refractivity contribution in [2.75, 3.05) is 14.2 Å². The predicted molar refractivity (Wildman–Crippen MR) is 221 cm³/mol. The van der Waals surface area contributed by atoms with Gasteiger partial charge < -0.3 is 28.7 Å². The van der Waals surface area contributed by atoms with E-state index >= 15 is 0 Å². The van der Waals surface area contributed by atoms with Crippen LogP contribution in [0.2, 0.25) is 0 Å². The van der Waals surface area contributed by atoms with Crippen molar-refractivity contribution >= 4 is 37.9 Å². The van der Waals surface area contributed by atoms with Gasteiger partial charge in [0.15, 0.2) is 0 Å². The maximum atomic E-state index is 11.1. The second-order valence-electron chi connectivity index (χ2n) is 14.3. The molecule has 0 saturated heterocycles. The predicted octanol–water partition coefficient (Wildman–Crippen LogP) is 5.86. The number of hydrogen-bond donors (Lipinski definition) is 4. The molecule has 5 aromatic rings. The molecule has 0 aliphatic carbocycles. The van der Waals surface area contributed by atoms with Crippen LogP contribution in [0.1, 0.15) is 66.8 Å². The van der Waals surface area contributed by atoms with Crippen molar-refractivity contribution in [1.82, 2.24) is 0 Å². The van der Waals surface area contributed by atoms with Crippen LogP contribution in [0.15, 0.2) is 72.8 Å². The van der Waals surface area contributed by atoms with Gasteiger partial charge in [-0.25, -0.2) is 0 Å². The van der Waals surface area contributed by atoms with E-state index in [4.69, 9.17) is 9.47 Å². The Labute approximate surface area is 313 Å². The van der Waals surface area contributed by atoms with Gasteiger partial charge in [0.1, 0.15) is 11.5 Å². The molecule has 5 rings (SSSR count). The normalized spacial score (nSPS) is 11.3. The Morgan fingerprint density at radius 3 is 0.615 bits per heavy atom. The van der Waals surface area contributed by atoms with Gasteiger partial charge in [-0.05, 0) is 152 Å². The Kier molecular flexibility index (Phi) is 14.0. The average molecular weight is 739 g/mol. The van der Waals surface area contributed by atoms with Crippen molar-refractivity contribution in [3.63, 3.8) is 0 Å². The summed E-state index contributed by atoms with van der Waals surface area (Å²) in [6.07, 6.45) is 0. The zero-order valence-electron chi connectivity index (χ0n) is 33.5. The third kappa shape index (κ3) is 9.69. The Hall–Kier alpha value is -4.03. The number of rotatable bonds is 6. The SMILES string of the molecule is COc1ccc(OC)cc1.Cc1cc(C)c([Si](O)(O)c2c(C)cc(C)cc2C)c(C)c1.Cc1cc(C)c([Si](O)(O)c2c(C)cc(C)cc2C)c(C)c1. The molecule has 4 N–H and O–H groups in total. The number of hydrogen-bond acceptors (Lipinski definition) is 6. The summed E-state index contributed by atoms with van der Waals surface area (Å²) in [6.45, 7) is 23.8. The van der Waals surface area contributed by atoms with Crippen LogP contribution in [0.5, 0.6) is 11.5 Å². The van der Waals surface area contributed by atoms with Crippen molar-refractivity contribution < 1.29 is 28.7 Å². The van der Waals surface area contributed by atoms with Crippen molar-refractivity contribution in [1.29, 1.82) is 0 Å². The minimum Gasteiger partial charge on any atom is -0.497 e. The topological polar surface area (TPSA) is 99.4 Å². The van der Waals surface area contributed by atoms with Crippen LogP contribution in [0, 0.1) is 83.1 Å². The third-order valence-corrected chi connectivity index (χ3v) is 15.3. The second-order valence-corrected chi connectivity index (χ2v) is 19.0. The van der Waals surface area contributed by atoms with Crippen molar-refractivity contribution in [3.05, 3.63) is 140 Å². The maximum absolute atomic E-state index is 11.1. The van der Waals surface area contributed by atoms with E-state index in [-0.39, 0.29) is 0 Å². The van der Waals surface area contributed by atoms with Crippen molar-refractivity contribution in [2.45, 2.75) is 83.1 Å². The highest BCUT2D eigenvalue weighted by Crippen LogP contribution is 2.18. The molecule has 0 aliphatic heterocycles. The van der Waals surface area contributed by atoms with Crippen LogP contribution in [0.3, 0.4) is 0 Å². The summed E-state index contributed by atoms with van der Waals surface area (Å²) in [5, 5.41) is 2.90. The molecule has 6 nitrogen and oxygen atoms in total. The molecule has 0 aromatic heterocycles. The molecule has 0 fully saturated rings. The molecule has 0 radical (unpaired) electrons. The van der Waals surface area contributed by atoms with Gasteiger partial charge in [-0.1, -0.05) is 70.8 Å². The van der Waals surface area contributed by atoms with Gasteiger partial charge in [-0.2, -0.15) is 0 Å². The van der Waals surface area contributed by atoms with Gasteiger partial charge in [0, 0.05) is 20.7 Å². The Morgan fingerprint density at radius 2 is 0.481 bits per heavy atom. The summed E-state index contributed by atoms with van der Waals surface area (Å²) in [7, 11) is -4.08. The first kappa shape index (κ1) is 42.4. The van der Waals surface area contributed by atoms with Crippen molar-refractivity contribution in [2.24, 2.45) is 0 Å². The molecule has 8 heteroatoms. The fourth-order valence-corrected chi connectivity index (χ4v) is 13.4. The molecular weight excluding hydrogens is 681 g/mol. The zero-order chi connectivity index (χ0) is 39.3. The van der Waals surface area contributed by atoms with Gasteiger partial charge in [0.2, 0.25) is 0 Å². The van der Waals surface area contributed by atoms with E-state index in [1.54, 1.807) is 14.2 Å². The molecule has 0 saturated carbocycles. The highest BCUT2D eigenvalue weighted by molar-refractivity contribution is 6.92. The van der Waals surface area contributed by atoms with E-state index in [9.17, 15) is 19.2 Å². The molecule has 0 heterocycles. The number of aryl methyl sites for hydroxylation is 12. The lowest BCUT2D eigenvalue weighted by Gasteiger charge is -2.26. The van der Waals surface area contributed by atoms with Crippen LogP contribution in [0.4, 0.5) is 0 Å². The second kappa shape index (κ2) is 17.2. The molecule has 52 heavy (non-hydrogen) atoms. The monoisotopic (exact) mass is 738 g/mol. The van der Waals surface area contributed by atoms with Crippen LogP contribution in [-0.4, -0.2) is 50.5 Å². The standard InChI is InChI=1S/2C18H24O2Si.C8H10O2/c2*1-11-7-13(3)17(14(4)8-11)21(19,20)18-15(5)9-12(2)10-16(18)6;1-9-7-3-5-8(10-2)6-4-7/h2*7-10,19-20H,1-6H3;3-6H,1-2H3. The maximum Gasteiger partial charge on any atom is 0.402 e. The largest absolute Gasteiger partial charge is 0.497 e. The van der Waals surface area contributed by atoms with Gasteiger partial charge >= 0.3 is 17.1 Å². The molecular formula is C44H58O6Si2. The molecule has 0 bridgehead atoms. The Balaban J connectivity index is 0.000000224. The molecule has 0 unspecified atom stereocenters. The first-order chi connectivity index (χ1) is 24.1. The van der Waals surface area contributed by atoms with Crippen molar-refractivity contribution in [3.8, 4) is 11.5 Å². The molecule has 0 atom stereocenters. The number of ether oxygens (including phenoxy) is 2. The summed E-state index contributed by atoms with van der Waals surface area (Å²) < 4.78 is 9.92. The summed E-state index contributed by atoms with van der Waals surface area (Å²) in [6, 6.07) is 23.6. The number of benzene rings is 5. The Morgan fingerprint density at radius 1 is 0.327 bits per heavy atom. The summed E-state index contributed by atoms with van der Waals surface area (Å²) >= 11 is 0. The summed E-state index contributed by atoms with van der Waals surface area (Å²) in [5.74, 6) is 1.70. The summed E-state index contributed by atoms with van der Waals surface area (Å²) in [5.41, 5.74) is 12.3. The zero-order valence-corrected chi connectivity index (χ0v) is 35.5. The van der Waals surface area contributed by atoms with Gasteiger partial charge in [0.05, 0.1) is 14.2 Å². The van der Waals surface area contributed by atoms with Crippen LogP contribution in [-0.2, 0) is 0 Å². The quantitative estimate of drug-likeness (QED) is 0.163. The van der Waals surface area contributed by atoms with E-state index in [2.05, 4.69) is 0 Å². The third-order valence-electron chi connectivity index (χ3n) is 9.40. The lowest BCUT2D eigenvalue weighted by Crippen LogP contribution is -2.62. The van der Waals surface area contributed by atoms with E-state index < -0.39 is 17.1 Å². The van der Waals surface area contributed by atoms with Gasteiger partial charge in [-0.3, -0.25) is 0 Å². The Bertz CT molecular complexity index is 1670.